The molecule has 1 heterocycles. The second-order valence-corrected chi connectivity index (χ2v) is 4.88. The van der Waals surface area contributed by atoms with E-state index in [1.165, 1.54) is 7.11 Å². The molecule has 6 heteroatoms. The van der Waals surface area contributed by atoms with Crippen LogP contribution in [0.5, 0.6) is 0 Å². The van der Waals surface area contributed by atoms with Crippen molar-refractivity contribution in [1.29, 1.82) is 0 Å². The fraction of sp³-hybridized carbons (Fsp3) is 0.846. The maximum absolute atomic E-state index is 12.1. The summed E-state index contributed by atoms with van der Waals surface area (Å²) in [6.07, 6.45) is 0.384. The Morgan fingerprint density at radius 1 is 1.42 bits per heavy atom. The molecule has 2 atom stereocenters. The first-order valence-corrected chi connectivity index (χ1v) is 6.52. The summed E-state index contributed by atoms with van der Waals surface area (Å²) in [5.41, 5.74) is 0. The fourth-order valence-corrected chi connectivity index (χ4v) is 2.11. The van der Waals surface area contributed by atoms with Crippen molar-refractivity contribution in [3.63, 3.8) is 0 Å². The summed E-state index contributed by atoms with van der Waals surface area (Å²) < 4.78 is 15.1. The number of ether oxygens (including phenoxy) is 3. The smallest absolute Gasteiger partial charge is 0.308 e. The van der Waals surface area contributed by atoms with Crippen LogP contribution in [0, 0.1) is 5.92 Å². The molecule has 0 bridgehead atoms. The minimum absolute atomic E-state index is 0.0858. The monoisotopic (exact) mass is 273 g/mol. The van der Waals surface area contributed by atoms with E-state index in [0.717, 1.165) is 0 Å². The van der Waals surface area contributed by atoms with Gasteiger partial charge in [0.25, 0.3) is 0 Å². The molecule has 110 valence electrons. The molecule has 1 amide bonds. The third-order valence-electron chi connectivity index (χ3n) is 3.09. The van der Waals surface area contributed by atoms with E-state index in [1.54, 1.807) is 12.0 Å². The number of methoxy groups -OCH3 is 2. The number of carbonyl (C=O) groups excluding carboxylic acids is 2. The van der Waals surface area contributed by atoms with E-state index >= 15 is 0 Å². The van der Waals surface area contributed by atoms with Gasteiger partial charge in [-0.25, -0.2) is 0 Å². The molecule has 1 aliphatic heterocycles. The van der Waals surface area contributed by atoms with Gasteiger partial charge in [0.05, 0.1) is 26.2 Å². The number of hydrogen-bond donors (Lipinski definition) is 0. The zero-order valence-corrected chi connectivity index (χ0v) is 11.9. The van der Waals surface area contributed by atoms with Crippen LogP contribution < -0.4 is 0 Å². The molecule has 0 aromatic carbocycles. The zero-order chi connectivity index (χ0) is 14.3. The first kappa shape index (κ1) is 15.9. The lowest BCUT2D eigenvalue weighted by Crippen LogP contribution is -2.46. The number of morpholine rings is 1. The number of nitrogens with zero attached hydrogens (tertiary/aromatic N) is 1. The van der Waals surface area contributed by atoms with Crippen LogP contribution in [-0.2, 0) is 23.8 Å². The minimum atomic E-state index is -0.313. The van der Waals surface area contributed by atoms with Crippen LogP contribution in [0.25, 0.3) is 0 Å². The predicted octanol–water partition coefficient (Wildman–Crippen LogP) is 0.450. The van der Waals surface area contributed by atoms with Crippen molar-refractivity contribution in [3.05, 3.63) is 0 Å². The largest absolute Gasteiger partial charge is 0.469 e. The van der Waals surface area contributed by atoms with E-state index in [1.807, 2.05) is 6.92 Å². The van der Waals surface area contributed by atoms with Gasteiger partial charge < -0.3 is 19.1 Å². The van der Waals surface area contributed by atoms with Crippen molar-refractivity contribution in [3.8, 4) is 0 Å². The van der Waals surface area contributed by atoms with Crippen LogP contribution in [0.2, 0.25) is 0 Å². The molecule has 0 spiro atoms. The van der Waals surface area contributed by atoms with E-state index in [4.69, 9.17) is 9.47 Å². The summed E-state index contributed by atoms with van der Waals surface area (Å²) in [7, 11) is 2.97. The molecule has 0 aromatic heterocycles. The van der Waals surface area contributed by atoms with Crippen molar-refractivity contribution in [2.45, 2.75) is 25.9 Å². The molecule has 0 radical (unpaired) electrons. The minimum Gasteiger partial charge on any atom is -0.469 e. The first-order chi connectivity index (χ1) is 9.06. The van der Waals surface area contributed by atoms with Crippen molar-refractivity contribution < 1.29 is 23.8 Å². The Balaban J connectivity index is 2.40. The van der Waals surface area contributed by atoms with Crippen LogP contribution in [0.3, 0.4) is 0 Å². The van der Waals surface area contributed by atoms with Crippen LogP contribution in [0.1, 0.15) is 19.8 Å². The fourth-order valence-electron chi connectivity index (χ4n) is 2.11. The van der Waals surface area contributed by atoms with E-state index in [9.17, 15) is 9.59 Å². The number of rotatable bonds is 6. The van der Waals surface area contributed by atoms with Crippen LogP contribution >= 0.6 is 0 Å². The molecule has 19 heavy (non-hydrogen) atoms. The average molecular weight is 273 g/mol. The van der Waals surface area contributed by atoms with Gasteiger partial charge in [0.2, 0.25) is 5.91 Å². The highest BCUT2D eigenvalue weighted by Crippen LogP contribution is 2.13. The van der Waals surface area contributed by atoms with E-state index < -0.39 is 0 Å². The lowest BCUT2D eigenvalue weighted by atomic mass is 10.1. The van der Waals surface area contributed by atoms with Crippen molar-refractivity contribution in [2.75, 3.05) is 40.5 Å². The van der Waals surface area contributed by atoms with Crippen LogP contribution in [0.4, 0.5) is 0 Å². The Bertz CT molecular complexity index is 307. The molecule has 0 N–H and O–H groups in total. The summed E-state index contributed by atoms with van der Waals surface area (Å²) in [6, 6.07) is 0. The second-order valence-electron chi connectivity index (χ2n) is 4.88. The highest BCUT2D eigenvalue weighted by molar-refractivity contribution is 5.76. The van der Waals surface area contributed by atoms with Crippen molar-refractivity contribution >= 4 is 11.9 Å². The standard InChI is InChI=1S/C13H23NO5/c1-10(9-17-2)6-12(15)14-4-5-19-11(8-14)7-13(16)18-3/h10-11H,4-9H2,1-3H3. The van der Waals surface area contributed by atoms with Gasteiger partial charge >= 0.3 is 5.97 Å². The molecule has 2 unspecified atom stereocenters. The second kappa shape index (κ2) is 8.12. The topological polar surface area (TPSA) is 65.1 Å². The van der Waals surface area contributed by atoms with Gasteiger partial charge in [0.15, 0.2) is 0 Å². The Morgan fingerprint density at radius 2 is 2.16 bits per heavy atom. The van der Waals surface area contributed by atoms with Gasteiger partial charge in [0, 0.05) is 33.2 Å². The summed E-state index contributed by atoms with van der Waals surface area (Å²) in [6.45, 7) is 4.05. The molecule has 0 saturated carbocycles. The molecule has 0 aliphatic carbocycles. The first-order valence-electron chi connectivity index (χ1n) is 6.52. The van der Waals surface area contributed by atoms with Gasteiger partial charge in [-0.15, -0.1) is 0 Å². The molecule has 1 saturated heterocycles. The van der Waals surface area contributed by atoms with Gasteiger partial charge in [-0.1, -0.05) is 6.92 Å². The third kappa shape index (κ3) is 5.57. The van der Waals surface area contributed by atoms with E-state index in [2.05, 4.69) is 4.74 Å². The summed E-state index contributed by atoms with van der Waals surface area (Å²) in [5.74, 6) is -0.0332. The van der Waals surface area contributed by atoms with Gasteiger partial charge in [-0.3, -0.25) is 9.59 Å². The van der Waals surface area contributed by atoms with Gasteiger partial charge in [-0.2, -0.15) is 0 Å². The van der Waals surface area contributed by atoms with Crippen LogP contribution in [-0.4, -0.2) is 63.4 Å². The zero-order valence-electron chi connectivity index (χ0n) is 11.9. The maximum Gasteiger partial charge on any atom is 0.308 e. The number of amides is 1. The lowest BCUT2D eigenvalue weighted by molar-refractivity contribution is -0.150. The maximum atomic E-state index is 12.1. The Kier molecular flexibility index (Phi) is 6.80. The molecule has 1 rings (SSSR count). The normalized spacial score (nSPS) is 21.0. The van der Waals surface area contributed by atoms with Crippen molar-refractivity contribution in [2.24, 2.45) is 5.92 Å². The van der Waals surface area contributed by atoms with E-state index in [0.29, 0.717) is 32.7 Å². The quantitative estimate of drug-likeness (QED) is 0.657. The molecular formula is C13H23NO5. The Morgan fingerprint density at radius 3 is 2.79 bits per heavy atom. The highest BCUT2D eigenvalue weighted by atomic mass is 16.5. The highest BCUT2D eigenvalue weighted by Gasteiger charge is 2.26. The number of esters is 1. The third-order valence-corrected chi connectivity index (χ3v) is 3.09. The van der Waals surface area contributed by atoms with Gasteiger partial charge in [0.1, 0.15) is 0 Å². The average Bonchev–Trinajstić information content (AvgIpc) is 2.39. The molecule has 1 fully saturated rings. The summed E-state index contributed by atoms with van der Waals surface area (Å²) in [5, 5.41) is 0. The molecule has 0 aromatic rings. The number of carbonyl (C=O) groups is 2. The molecule has 6 nitrogen and oxygen atoms in total. The van der Waals surface area contributed by atoms with Crippen molar-refractivity contribution in [1.82, 2.24) is 4.90 Å². The summed E-state index contributed by atoms with van der Waals surface area (Å²) in [4.78, 5) is 25.0. The van der Waals surface area contributed by atoms with Gasteiger partial charge in [-0.05, 0) is 5.92 Å². The Hall–Kier alpha value is -1.14. The molecular weight excluding hydrogens is 250 g/mol. The summed E-state index contributed by atoms with van der Waals surface area (Å²) >= 11 is 0. The lowest BCUT2D eigenvalue weighted by Gasteiger charge is -2.33. The number of hydrogen-bond acceptors (Lipinski definition) is 5. The molecule has 1 aliphatic rings. The SMILES string of the molecule is COCC(C)CC(=O)N1CCOC(CC(=O)OC)C1. The van der Waals surface area contributed by atoms with E-state index in [-0.39, 0.29) is 30.3 Å². The van der Waals surface area contributed by atoms with Crippen LogP contribution in [0.15, 0.2) is 0 Å². The predicted molar refractivity (Wildman–Crippen MR) is 68.6 cm³/mol. The Labute approximate surface area is 114 Å².